The van der Waals surface area contributed by atoms with Gasteiger partial charge in [0, 0.05) is 30.3 Å². The Morgan fingerprint density at radius 3 is 2.88 bits per heavy atom. The first kappa shape index (κ1) is 16.9. The molecule has 0 atom stereocenters. The highest BCUT2D eigenvalue weighted by molar-refractivity contribution is 9.10. The lowest BCUT2D eigenvalue weighted by molar-refractivity contribution is 0.0759. The van der Waals surface area contributed by atoms with Crippen LogP contribution < -0.4 is 4.74 Å². The number of rotatable bonds is 3. The van der Waals surface area contributed by atoms with Crippen molar-refractivity contribution in [2.75, 3.05) is 33.2 Å². The molecule has 1 aliphatic rings. The Morgan fingerprint density at radius 2 is 2.04 bits per heavy atom. The van der Waals surface area contributed by atoms with Crippen LogP contribution in [0.4, 0.5) is 0 Å². The van der Waals surface area contributed by atoms with E-state index in [2.05, 4.69) is 32.9 Å². The van der Waals surface area contributed by atoms with Crippen molar-refractivity contribution < 1.29 is 9.53 Å². The Kier molecular flexibility index (Phi) is 5.48. The summed E-state index contributed by atoms with van der Waals surface area (Å²) in [5.74, 6) is 0.967. The maximum absolute atomic E-state index is 12.9. The van der Waals surface area contributed by atoms with Gasteiger partial charge in [-0.3, -0.25) is 4.79 Å². The standard InChI is InChI=1S/C18H20BrN3O2/c1-21-9-4-10-22(12-11-21)18(23)16-7-3-8-20-17(16)24-15-6-2-5-14(19)13-15/h2-3,5-8,13H,4,9-12H2,1H3. The second-order valence-corrected chi connectivity index (χ2v) is 6.78. The van der Waals surface area contributed by atoms with Gasteiger partial charge < -0.3 is 14.5 Å². The first-order chi connectivity index (χ1) is 11.6. The van der Waals surface area contributed by atoms with Gasteiger partial charge in [-0.1, -0.05) is 22.0 Å². The van der Waals surface area contributed by atoms with E-state index in [1.165, 1.54) is 0 Å². The first-order valence-electron chi connectivity index (χ1n) is 8.00. The van der Waals surface area contributed by atoms with E-state index in [0.717, 1.165) is 37.1 Å². The van der Waals surface area contributed by atoms with E-state index in [1.54, 1.807) is 18.3 Å². The molecule has 3 rings (SSSR count). The Morgan fingerprint density at radius 1 is 1.17 bits per heavy atom. The van der Waals surface area contributed by atoms with Crippen molar-refractivity contribution >= 4 is 21.8 Å². The van der Waals surface area contributed by atoms with E-state index in [-0.39, 0.29) is 5.91 Å². The third-order valence-electron chi connectivity index (χ3n) is 4.02. The number of aromatic nitrogens is 1. The van der Waals surface area contributed by atoms with Crippen LogP contribution in [0.15, 0.2) is 47.1 Å². The molecule has 1 aromatic carbocycles. The maximum atomic E-state index is 12.9. The molecule has 0 N–H and O–H groups in total. The minimum absolute atomic E-state index is 0.0246. The van der Waals surface area contributed by atoms with Gasteiger partial charge in [0.05, 0.1) is 0 Å². The molecule has 0 aliphatic carbocycles. The summed E-state index contributed by atoms with van der Waals surface area (Å²) in [6.07, 6.45) is 2.62. The molecular weight excluding hydrogens is 370 g/mol. The molecule has 6 heteroatoms. The van der Waals surface area contributed by atoms with Gasteiger partial charge >= 0.3 is 0 Å². The van der Waals surface area contributed by atoms with Crippen molar-refractivity contribution in [2.24, 2.45) is 0 Å². The number of amides is 1. The third-order valence-corrected chi connectivity index (χ3v) is 4.51. The van der Waals surface area contributed by atoms with Crippen molar-refractivity contribution in [2.45, 2.75) is 6.42 Å². The summed E-state index contributed by atoms with van der Waals surface area (Å²) >= 11 is 3.42. The van der Waals surface area contributed by atoms with E-state index in [9.17, 15) is 4.79 Å². The number of pyridine rings is 1. The average Bonchev–Trinajstić information content (AvgIpc) is 2.79. The Labute approximate surface area is 150 Å². The molecular formula is C18H20BrN3O2. The molecule has 126 valence electrons. The average molecular weight is 390 g/mol. The van der Waals surface area contributed by atoms with Crippen LogP contribution in [0, 0.1) is 0 Å². The fourth-order valence-corrected chi connectivity index (χ4v) is 3.08. The lowest BCUT2D eigenvalue weighted by Crippen LogP contribution is -2.34. The summed E-state index contributed by atoms with van der Waals surface area (Å²) < 4.78 is 6.77. The van der Waals surface area contributed by atoms with Crippen LogP contribution in [-0.4, -0.2) is 53.9 Å². The van der Waals surface area contributed by atoms with Gasteiger partial charge in [0.1, 0.15) is 11.3 Å². The summed E-state index contributed by atoms with van der Waals surface area (Å²) in [7, 11) is 2.08. The molecule has 1 aromatic heterocycles. The smallest absolute Gasteiger partial charge is 0.259 e. The highest BCUT2D eigenvalue weighted by Crippen LogP contribution is 2.26. The number of carbonyl (C=O) groups is 1. The van der Waals surface area contributed by atoms with Gasteiger partial charge in [-0.2, -0.15) is 0 Å². The third kappa shape index (κ3) is 4.13. The van der Waals surface area contributed by atoms with Crippen LogP contribution in [0.3, 0.4) is 0 Å². The summed E-state index contributed by atoms with van der Waals surface area (Å²) in [5.41, 5.74) is 0.502. The van der Waals surface area contributed by atoms with Crippen molar-refractivity contribution in [3.8, 4) is 11.6 Å². The molecule has 1 saturated heterocycles. The molecule has 0 spiro atoms. The minimum Gasteiger partial charge on any atom is -0.438 e. The molecule has 24 heavy (non-hydrogen) atoms. The lowest BCUT2D eigenvalue weighted by Gasteiger charge is -2.21. The Hall–Kier alpha value is -1.92. The quantitative estimate of drug-likeness (QED) is 0.806. The molecule has 0 radical (unpaired) electrons. The molecule has 0 unspecified atom stereocenters. The number of hydrogen-bond donors (Lipinski definition) is 0. The van der Waals surface area contributed by atoms with Crippen LogP contribution >= 0.6 is 15.9 Å². The SMILES string of the molecule is CN1CCCN(C(=O)c2cccnc2Oc2cccc(Br)c2)CC1. The maximum Gasteiger partial charge on any atom is 0.259 e. The second kappa shape index (κ2) is 7.77. The van der Waals surface area contributed by atoms with E-state index in [0.29, 0.717) is 17.2 Å². The second-order valence-electron chi connectivity index (χ2n) is 5.86. The minimum atomic E-state index is -0.0246. The van der Waals surface area contributed by atoms with E-state index in [1.807, 2.05) is 29.2 Å². The zero-order chi connectivity index (χ0) is 16.9. The topological polar surface area (TPSA) is 45.7 Å². The molecule has 1 amide bonds. The van der Waals surface area contributed by atoms with Gasteiger partial charge in [0.2, 0.25) is 5.88 Å². The van der Waals surface area contributed by atoms with E-state index < -0.39 is 0 Å². The number of hydrogen-bond acceptors (Lipinski definition) is 4. The highest BCUT2D eigenvalue weighted by Gasteiger charge is 2.22. The Bertz CT molecular complexity index is 723. The fourth-order valence-electron chi connectivity index (χ4n) is 2.70. The fraction of sp³-hybridized carbons (Fsp3) is 0.333. The summed E-state index contributed by atoms with van der Waals surface area (Å²) in [5, 5.41) is 0. The van der Waals surface area contributed by atoms with Crippen LogP contribution in [0.1, 0.15) is 16.8 Å². The van der Waals surface area contributed by atoms with Crippen molar-refractivity contribution in [1.82, 2.24) is 14.8 Å². The molecule has 2 aromatic rings. The number of benzene rings is 1. The van der Waals surface area contributed by atoms with Crippen molar-refractivity contribution in [1.29, 1.82) is 0 Å². The predicted molar refractivity (Wildman–Crippen MR) is 96.5 cm³/mol. The van der Waals surface area contributed by atoms with E-state index in [4.69, 9.17) is 4.74 Å². The van der Waals surface area contributed by atoms with Crippen molar-refractivity contribution in [3.05, 3.63) is 52.6 Å². The zero-order valence-corrected chi connectivity index (χ0v) is 15.2. The van der Waals surface area contributed by atoms with Crippen LogP contribution in [-0.2, 0) is 0 Å². The molecule has 1 aliphatic heterocycles. The largest absolute Gasteiger partial charge is 0.438 e. The highest BCUT2D eigenvalue weighted by atomic mass is 79.9. The van der Waals surface area contributed by atoms with Gasteiger partial charge in [0.15, 0.2) is 0 Å². The first-order valence-corrected chi connectivity index (χ1v) is 8.79. The molecule has 2 heterocycles. The predicted octanol–water partition coefficient (Wildman–Crippen LogP) is 3.41. The van der Waals surface area contributed by atoms with Crippen molar-refractivity contribution in [3.63, 3.8) is 0 Å². The van der Waals surface area contributed by atoms with Crippen LogP contribution in [0.2, 0.25) is 0 Å². The van der Waals surface area contributed by atoms with E-state index >= 15 is 0 Å². The molecule has 0 bridgehead atoms. The number of likely N-dealkylation sites (N-methyl/N-ethyl adjacent to an activating group) is 1. The normalized spacial score (nSPS) is 15.8. The van der Waals surface area contributed by atoms with Gasteiger partial charge in [-0.25, -0.2) is 4.98 Å². The lowest BCUT2D eigenvalue weighted by atomic mass is 10.2. The number of ether oxygens (including phenoxy) is 1. The summed E-state index contributed by atoms with van der Waals surface area (Å²) in [6, 6.07) is 11.0. The number of halogens is 1. The summed E-state index contributed by atoms with van der Waals surface area (Å²) in [6.45, 7) is 3.38. The van der Waals surface area contributed by atoms with Gasteiger partial charge in [-0.15, -0.1) is 0 Å². The molecule has 5 nitrogen and oxygen atoms in total. The van der Waals surface area contributed by atoms with Gasteiger partial charge in [-0.05, 0) is 50.3 Å². The summed E-state index contributed by atoms with van der Waals surface area (Å²) in [4.78, 5) is 21.3. The number of nitrogens with zero attached hydrogens (tertiary/aromatic N) is 3. The van der Waals surface area contributed by atoms with Crippen LogP contribution in [0.5, 0.6) is 11.6 Å². The molecule has 0 saturated carbocycles. The van der Waals surface area contributed by atoms with Crippen LogP contribution in [0.25, 0.3) is 0 Å². The van der Waals surface area contributed by atoms with Gasteiger partial charge in [0.25, 0.3) is 5.91 Å². The zero-order valence-electron chi connectivity index (χ0n) is 13.6. The number of carbonyl (C=O) groups excluding carboxylic acids is 1. The monoisotopic (exact) mass is 389 g/mol. The Balaban J connectivity index is 1.81. The molecule has 1 fully saturated rings.